The Bertz CT molecular complexity index is 931. The minimum Gasteiger partial charge on any atom is -0.489 e. The van der Waals surface area contributed by atoms with E-state index in [4.69, 9.17) is 39.5 Å². The van der Waals surface area contributed by atoms with Gasteiger partial charge >= 0.3 is 0 Å². The molecule has 1 N–H and O–H groups in total. The molecular formula is C24H24Cl3NO. The van der Waals surface area contributed by atoms with Crippen molar-refractivity contribution in [3.8, 4) is 5.75 Å². The molecule has 0 heterocycles. The van der Waals surface area contributed by atoms with E-state index in [9.17, 15) is 0 Å². The van der Waals surface area contributed by atoms with Gasteiger partial charge in [0.25, 0.3) is 0 Å². The standard InChI is InChI=1S/C24H24Cl3NO/c1-17(7-8-18-5-3-2-4-6-18)28-15-20-13-21(25)11-12-24(20)29-16-19-9-10-22(26)14-23(19)27/h2-6,9-14,17,28H,7-8,15-16H2,1H3. The fourth-order valence-electron chi connectivity index (χ4n) is 3.04. The molecular weight excluding hydrogens is 425 g/mol. The van der Waals surface area contributed by atoms with E-state index in [-0.39, 0.29) is 0 Å². The largest absolute Gasteiger partial charge is 0.489 e. The van der Waals surface area contributed by atoms with Crippen LogP contribution in [0.15, 0.2) is 66.7 Å². The number of aryl methyl sites for hydroxylation is 1. The second kappa shape index (κ2) is 10.9. The van der Waals surface area contributed by atoms with Crippen LogP contribution in [0.4, 0.5) is 0 Å². The summed E-state index contributed by atoms with van der Waals surface area (Å²) in [6.45, 7) is 3.25. The molecule has 1 unspecified atom stereocenters. The van der Waals surface area contributed by atoms with Gasteiger partial charge < -0.3 is 10.1 Å². The predicted molar refractivity (Wildman–Crippen MR) is 123 cm³/mol. The van der Waals surface area contributed by atoms with Gasteiger partial charge in [-0.2, -0.15) is 0 Å². The molecule has 152 valence electrons. The van der Waals surface area contributed by atoms with Crippen LogP contribution in [0.25, 0.3) is 0 Å². The molecule has 0 aliphatic carbocycles. The van der Waals surface area contributed by atoms with Crippen molar-refractivity contribution in [1.82, 2.24) is 5.32 Å². The summed E-state index contributed by atoms with van der Waals surface area (Å²) in [5.41, 5.74) is 3.27. The molecule has 2 nitrogen and oxygen atoms in total. The molecule has 3 rings (SSSR count). The van der Waals surface area contributed by atoms with Gasteiger partial charge in [-0.3, -0.25) is 0 Å². The molecule has 1 atom stereocenters. The number of nitrogens with one attached hydrogen (secondary N) is 1. The second-order valence-electron chi connectivity index (χ2n) is 7.08. The van der Waals surface area contributed by atoms with E-state index in [1.165, 1.54) is 5.56 Å². The third kappa shape index (κ3) is 6.94. The molecule has 3 aromatic carbocycles. The lowest BCUT2D eigenvalue weighted by Gasteiger charge is -2.17. The SMILES string of the molecule is CC(CCc1ccccc1)NCc1cc(Cl)ccc1OCc1ccc(Cl)cc1Cl. The average molecular weight is 449 g/mol. The van der Waals surface area contributed by atoms with E-state index < -0.39 is 0 Å². The molecule has 0 bridgehead atoms. The fourth-order valence-corrected chi connectivity index (χ4v) is 3.69. The smallest absolute Gasteiger partial charge is 0.124 e. The van der Waals surface area contributed by atoms with Crippen molar-refractivity contribution in [1.29, 1.82) is 0 Å². The Morgan fingerprint density at radius 2 is 1.59 bits per heavy atom. The summed E-state index contributed by atoms with van der Waals surface area (Å²) in [5.74, 6) is 0.795. The van der Waals surface area contributed by atoms with E-state index >= 15 is 0 Å². The van der Waals surface area contributed by atoms with Gasteiger partial charge in [0.1, 0.15) is 12.4 Å². The first-order valence-corrected chi connectivity index (χ1v) is 10.8. The summed E-state index contributed by atoms with van der Waals surface area (Å²) in [5, 5.41) is 5.47. The molecule has 5 heteroatoms. The van der Waals surface area contributed by atoms with E-state index in [0.717, 1.165) is 29.7 Å². The molecule has 3 aromatic rings. The first-order valence-electron chi connectivity index (χ1n) is 9.63. The van der Waals surface area contributed by atoms with Gasteiger partial charge in [-0.25, -0.2) is 0 Å². The second-order valence-corrected chi connectivity index (χ2v) is 8.36. The topological polar surface area (TPSA) is 21.3 Å². The Balaban J connectivity index is 1.58. The quantitative estimate of drug-likeness (QED) is 0.370. The maximum atomic E-state index is 6.25. The maximum Gasteiger partial charge on any atom is 0.124 e. The van der Waals surface area contributed by atoms with Crippen LogP contribution in [0.1, 0.15) is 30.0 Å². The van der Waals surface area contributed by atoms with Crippen molar-refractivity contribution in [3.05, 3.63) is 98.5 Å². The van der Waals surface area contributed by atoms with Crippen molar-refractivity contribution >= 4 is 34.8 Å². The van der Waals surface area contributed by atoms with Gasteiger partial charge in [-0.1, -0.05) is 71.2 Å². The number of ether oxygens (including phenoxy) is 1. The highest BCUT2D eigenvalue weighted by Crippen LogP contribution is 2.26. The van der Waals surface area contributed by atoms with Gasteiger partial charge in [0.15, 0.2) is 0 Å². The minimum atomic E-state index is 0.368. The minimum absolute atomic E-state index is 0.368. The summed E-state index contributed by atoms with van der Waals surface area (Å²) in [4.78, 5) is 0. The van der Waals surface area contributed by atoms with Gasteiger partial charge in [-0.05, 0) is 55.7 Å². The third-order valence-corrected chi connectivity index (χ3v) is 5.59. The van der Waals surface area contributed by atoms with Gasteiger partial charge in [0.05, 0.1) is 0 Å². The molecule has 0 aromatic heterocycles. The third-order valence-electron chi connectivity index (χ3n) is 4.77. The molecule has 0 fully saturated rings. The number of rotatable bonds is 9. The van der Waals surface area contributed by atoms with Gasteiger partial charge in [0.2, 0.25) is 0 Å². The summed E-state index contributed by atoms with van der Waals surface area (Å²) in [6.07, 6.45) is 2.10. The molecule has 0 saturated heterocycles. The molecule has 0 spiro atoms. The van der Waals surface area contributed by atoms with Crippen molar-refractivity contribution in [2.24, 2.45) is 0 Å². The Kier molecular flexibility index (Phi) is 8.26. The van der Waals surface area contributed by atoms with E-state index in [1.807, 2.05) is 36.4 Å². The summed E-state index contributed by atoms with van der Waals surface area (Å²) in [6, 6.07) is 22.0. The predicted octanol–water partition coefficient (Wildman–Crippen LogP) is 7.34. The van der Waals surface area contributed by atoms with E-state index in [0.29, 0.717) is 34.3 Å². The molecule has 0 saturated carbocycles. The Labute approximate surface area is 187 Å². The normalized spacial score (nSPS) is 12.0. The van der Waals surface area contributed by atoms with Crippen LogP contribution in [0, 0.1) is 0 Å². The van der Waals surface area contributed by atoms with Crippen molar-refractivity contribution in [3.63, 3.8) is 0 Å². The zero-order valence-corrected chi connectivity index (χ0v) is 18.6. The van der Waals surface area contributed by atoms with Crippen LogP contribution in [-0.2, 0) is 19.6 Å². The van der Waals surface area contributed by atoms with Crippen LogP contribution in [0.3, 0.4) is 0 Å². The zero-order chi connectivity index (χ0) is 20.6. The number of halogens is 3. The van der Waals surface area contributed by atoms with Crippen LogP contribution in [0.2, 0.25) is 15.1 Å². The Hall–Kier alpha value is -1.71. The molecule has 0 aliphatic rings. The van der Waals surface area contributed by atoms with E-state index in [2.05, 4.69) is 36.5 Å². The monoisotopic (exact) mass is 447 g/mol. The van der Waals surface area contributed by atoms with Crippen LogP contribution in [0.5, 0.6) is 5.75 Å². The van der Waals surface area contributed by atoms with Crippen molar-refractivity contribution in [2.45, 2.75) is 39.0 Å². The van der Waals surface area contributed by atoms with Crippen LogP contribution < -0.4 is 10.1 Å². The fraction of sp³-hybridized carbons (Fsp3) is 0.250. The van der Waals surface area contributed by atoms with Gasteiger partial charge in [0, 0.05) is 38.8 Å². The van der Waals surface area contributed by atoms with Crippen molar-refractivity contribution < 1.29 is 4.74 Å². The maximum absolute atomic E-state index is 6.25. The summed E-state index contributed by atoms with van der Waals surface area (Å²) < 4.78 is 6.03. The molecule has 0 aliphatic heterocycles. The first-order chi connectivity index (χ1) is 14.0. The number of hydrogen-bond acceptors (Lipinski definition) is 2. The summed E-state index contributed by atoms with van der Waals surface area (Å²) in [7, 11) is 0. The van der Waals surface area contributed by atoms with Crippen molar-refractivity contribution in [2.75, 3.05) is 0 Å². The lowest BCUT2D eigenvalue weighted by Crippen LogP contribution is -2.26. The lowest BCUT2D eigenvalue weighted by molar-refractivity contribution is 0.301. The van der Waals surface area contributed by atoms with Crippen LogP contribution in [-0.4, -0.2) is 6.04 Å². The Morgan fingerprint density at radius 3 is 2.34 bits per heavy atom. The van der Waals surface area contributed by atoms with Crippen LogP contribution >= 0.6 is 34.8 Å². The average Bonchev–Trinajstić information content (AvgIpc) is 2.72. The molecule has 0 amide bonds. The highest BCUT2D eigenvalue weighted by Gasteiger charge is 2.09. The molecule has 29 heavy (non-hydrogen) atoms. The Morgan fingerprint density at radius 1 is 0.862 bits per heavy atom. The number of benzene rings is 3. The number of hydrogen-bond donors (Lipinski definition) is 1. The van der Waals surface area contributed by atoms with Gasteiger partial charge in [-0.15, -0.1) is 0 Å². The highest BCUT2D eigenvalue weighted by molar-refractivity contribution is 6.35. The summed E-state index contributed by atoms with van der Waals surface area (Å²) >= 11 is 18.4. The lowest BCUT2D eigenvalue weighted by atomic mass is 10.1. The molecule has 0 radical (unpaired) electrons. The first kappa shape index (κ1) is 22.0. The highest BCUT2D eigenvalue weighted by atomic mass is 35.5. The van der Waals surface area contributed by atoms with E-state index in [1.54, 1.807) is 6.07 Å². The zero-order valence-electron chi connectivity index (χ0n) is 16.3.